The summed E-state index contributed by atoms with van der Waals surface area (Å²) in [4.78, 5) is 3.72. The highest BCUT2D eigenvalue weighted by Crippen LogP contribution is 2.41. The topological polar surface area (TPSA) is 107 Å². The SMILES string of the molecule is Cc1nc(-c2cc(-c3cc(F)c(CO)c(S(C)(=O)=O)c3)ccc2-n2ccc(C(F)(F)F)n2)c(-c2cc(F)c(OC(F)F)c(F)c2)o1. The molecule has 2 aromatic heterocycles. The minimum atomic E-state index is -4.83. The molecule has 0 aliphatic heterocycles. The van der Waals surface area contributed by atoms with Crippen molar-refractivity contribution < 1.29 is 57.8 Å². The van der Waals surface area contributed by atoms with E-state index in [1.54, 1.807) is 0 Å². The third kappa shape index (κ3) is 6.32. The Balaban J connectivity index is 1.77. The van der Waals surface area contributed by atoms with Crippen LogP contribution in [-0.2, 0) is 22.6 Å². The summed E-state index contributed by atoms with van der Waals surface area (Å²) in [5.74, 6) is -5.94. The molecule has 8 nitrogen and oxygen atoms in total. The molecule has 0 aliphatic rings. The number of benzene rings is 3. The van der Waals surface area contributed by atoms with E-state index in [0.29, 0.717) is 18.2 Å². The van der Waals surface area contributed by atoms with Crippen LogP contribution in [0.3, 0.4) is 0 Å². The highest BCUT2D eigenvalue weighted by molar-refractivity contribution is 7.90. The normalized spacial score (nSPS) is 12.3. The lowest BCUT2D eigenvalue weighted by atomic mass is 9.97. The van der Waals surface area contributed by atoms with E-state index in [2.05, 4.69) is 14.8 Å². The van der Waals surface area contributed by atoms with Crippen LogP contribution >= 0.6 is 0 Å². The van der Waals surface area contributed by atoms with Gasteiger partial charge >= 0.3 is 12.8 Å². The Labute approximate surface area is 254 Å². The third-order valence-corrected chi connectivity index (χ3v) is 7.79. The highest BCUT2D eigenvalue weighted by Gasteiger charge is 2.34. The number of nitrogens with zero attached hydrogens (tertiary/aromatic N) is 3. The van der Waals surface area contributed by atoms with Gasteiger partial charge in [-0.05, 0) is 53.6 Å². The summed E-state index contributed by atoms with van der Waals surface area (Å²) in [6.07, 6.45) is -3.05. The molecule has 0 bridgehead atoms. The second kappa shape index (κ2) is 11.9. The maximum atomic E-state index is 15.0. The Morgan fingerprint density at radius 2 is 1.61 bits per heavy atom. The Hall–Kier alpha value is -4.77. The van der Waals surface area contributed by atoms with Crippen molar-refractivity contribution in [2.75, 3.05) is 6.26 Å². The van der Waals surface area contributed by atoms with Crippen LogP contribution < -0.4 is 4.74 Å². The van der Waals surface area contributed by atoms with E-state index >= 15 is 0 Å². The van der Waals surface area contributed by atoms with Crippen LogP contribution in [0.1, 0.15) is 17.1 Å². The second-order valence-corrected chi connectivity index (χ2v) is 11.8. The van der Waals surface area contributed by atoms with Gasteiger partial charge in [-0.2, -0.15) is 27.1 Å². The maximum absolute atomic E-state index is 15.0. The fraction of sp³-hybridized carbons (Fsp3) is 0.172. The summed E-state index contributed by atoms with van der Waals surface area (Å²) in [6.45, 7) is -3.14. The van der Waals surface area contributed by atoms with Crippen molar-refractivity contribution in [3.63, 3.8) is 0 Å². The fourth-order valence-corrected chi connectivity index (χ4v) is 5.63. The zero-order valence-electron chi connectivity index (χ0n) is 23.3. The van der Waals surface area contributed by atoms with Gasteiger partial charge in [-0.1, -0.05) is 6.07 Å². The van der Waals surface area contributed by atoms with Crippen LogP contribution in [0.2, 0.25) is 0 Å². The number of aryl methyl sites for hydroxylation is 1. The summed E-state index contributed by atoms with van der Waals surface area (Å²) in [5, 5.41) is 13.1. The standard InChI is InChI=1S/C29H19F8N3O5S/c1-13-38-25(26(44-13)16-9-20(31)27(21(32)10-16)45-28(33)34)17-7-14(3-4-22(17)40-6-5-24(39-40)29(35,36)37)15-8-19(30)18(12-41)23(11-15)46(2,42)43/h3-11,28,41H,12H2,1-2H3. The van der Waals surface area contributed by atoms with E-state index in [1.807, 2.05) is 0 Å². The average molecular weight is 674 g/mol. The summed E-state index contributed by atoms with van der Waals surface area (Å²) in [6, 6.07) is 7.76. The number of aromatic nitrogens is 3. The number of sulfone groups is 1. The number of aliphatic hydroxyl groups is 1. The molecule has 0 saturated heterocycles. The molecule has 3 aromatic carbocycles. The van der Waals surface area contributed by atoms with Gasteiger partial charge in [0.25, 0.3) is 0 Å². The Bertz CT molecular complexity index is 2050. The summed E-state index contributed by atoms with van der Waals surface area (Å²) in [5.41, 5.74) is -2.43. The van der Waals surface area contributed by atoms with E-state index in [1.165, 1.54) is 25.1 Å². The first-order valence-electron chi connectivity index (χ1n) is 12.8. The monoisotopic (exact) mass is 673 g/mol. The number of aliphatic hydroxyl groups excluding tert-OH is 1. The minimum Gasteiger partial charge on any atom is -0.440 e. The van der Waals surface area contributed by atoms with Crippen molar-refractivity contribution in [2.45, 2.75) is 31.2 Å². The van der Waals surface area contributed by atoms with E-state index in [4.69, 9.17) is 4.42 Å². The molecule has 2 heterocycles. The maximum Gasteiger partial charge on any atom is 0.435 e. The molecule has 0 aliphatic carbocycles. The second-order valence-electron chi connectivity index (χ2n) is 9.80. The first-order chi connectivity index (χ1) is 21.5. The summed E-state index contributed by atoms with van der Waals surface area (Å²) in [7, 11) is -4.06. The number of rotatable bonds is 8. The molecule has 0 unspecified atom stereocenters. The van der Waals surface area contributed by atoms with E-state index in [0.717, 1.165) is 29.3 Å². The van der Waals surface area contributed by atoms with Crippen LogP contribution in [0.25, 0.3) is 39.4 Å². The smallest absolute Gasteiger partial charge is 0.435 e. The van der Waals surface area contributed by atoms with Crippen LogP contribution in [0.5, 0.6) is 5.75 Å². The highest BCUT2D eigenvalue weighted by atomic mass is 32.2. The molecule has 0 fully saturated rings. The van der Waals surface area contributed by atoms with Crippen LogP contribution in [0, 0.1) is 24.4 Å². The molecule has 0 saturated carbocycles. The van der Waals surface area contributed by atoms with E-state index in [9.17, 15) is 48.6 Å². The number of hydrogen-bond donors (Lipinski definition) is 1. The zero-order chi connectivity index (χ0) is 33.7. The lowest BCUT2D eigenvalue weighted by Gasteiger charge is -2.14. The Morgan fingerprint density at radius 3 is 2.17 bits per heavy atom. The van der Waals surface area contributed by atoms with Gasteiger partial charge in [0.05, 0.1) is 17.2 Å². The molecule has 242 valence electrons. The van der Waals surface area contributed by atoms with E-state index in [-0.39, 0.29) is 45.3 Å². The largest absolute Gasteiger partial charge is 0.440 e. The number of oxazole rings is 1. The molecule has 46 heavy (non-hydrogen) atoms. The first kappa shape index (κ1) is 32.6. The van der Waals surface area contributed by atoms with E-state index < -0.39 is 68.6 Å². The van der Waals surface area contributed by atoms with Crippen molar-refractivity contribution in [1.82, 2.24) is 14.8 Å². The summed E-state index contributed by atoms with van der Waals surface area (Å²) < 4.78 is 145. The van der Waals surface area contributed by atoms with Gasteiger partial charge in [-0.25, -0.2) is 31.3 Å². The molecule has 1 N–H and O–H groups in total. The van der Waals surface area contributed by atoms with Gasteiger partial charge in [-0.3, -0.25) is 0 Å². The molecule has 0 spiro atoms. The number of alkyl halides is 5. The lowest BCUT2D eigenvalue weighted by Crippen LogP contribution is -2.08. The molecule has 5 aromatic rings. The van der Waals surface area contributed by atoms with Crippen molar-refractivity contribution in [3.8, 4) is 45.1 Å². The molecule has 0 amide bonds. The lowest BCUT2D eigenvalue weighted by molar-refractivity contribution is -0.141. The minimum absolute atomic E-state index is 0.0354. The molecular weight excluding hydrogens is 654 g/mol. The quantitative estimate of drug-likeness (QED) is 0.175. The van der Waals surface area contributed by atoms with Crippen molar-refractivity contribution in [2.24, 2.45) is 0 Å². The van der Waals surface area contributed by atoms with Gasteiger partial charge in [0.1, 0.15) is 11.5 Å². The predicted octanol–water partition coefficient (Wildman–Crippen LogP) is 7.10. The molecular formula is C29H19F8N3O5S. The third-order valence-electron chi connectivity index (χ3n) is 6.62. The van der Waals surface area contributed by atoms with Gasteiger partial charge in [0.15, 0.2) is 44.6 Å². The summed E-state index contributed by atoms with van der Waals surface area (Å²) >= 11 is 0. The zero-order valence-corrected chi connectivity index (χ0v) is 24.2. The Kier molecular flexibility index (Phi) is 8.41. The first-order valence-corrected chi connectivity index (χ1v) is 14.7. The number of hydrogen-bond acceptors (Lipinski definition) is 7. The number of ether oxygens (including phenoxy) is 1. The molecule has 17 heteroatoms. The number of halogens is 8. The van der Waals surface area contributed by atoms with Crippen molar-refractivity contribution in [1.29, 1.82) is 0 Å². The average Bonchev–Trinajstić information content (AvgIpc) is 3.61. The van der Waals surface area contributed by atoms with Crippen molar-refractivity contribution in [3.05, 3.63) is 89.3 Å². The predicted molar refractivity (Wildman–Crippen MR) is 145 cm³/mol. The van der Waals surface area contributed by atoms with Crippen molar-refractivity contribution >= 4 is 9.84 Å². The molecule has 0 atom stereocenters. The van der Waals surface area contributed by atoms with Crippen LogP contribution in [0.15, 0.2) is 64.0 Å². The van der Waals surface area contributed by atoms with Crippen LogP contribution in [0.4, 0.5) is 35.1 Å². The van der Waals surface area contributed by atoms with Gasteiger partial charge in [-0.15, -0.1) is 0 Å². The molecule has 0 radical (unpaired) electrons. The van der Waals surface area contributed by atoms with Crippen LogP contribution in [-0.4, -0.2) is 41.2 Å². The Morgan fingerprint density at radius 1 is 0.957 bits per heavy atom. The fourth-order valence-electron chi connectivity index (χ4n) is 4.67. The van der Waals surface area contributed by atoms with Gasteiger partial charge in [0.2, 0.25) is 0 Å². The molecule has 5 rings (SSSR count). The van der Waals surface area contributed by atoms with Gasteiger partial charge in [0, 0.05) is 36.1 Å². The van der Waals surface area contributed by atoms with Gasteiger partial charge < -0.3 is 14.3 Å².